The molecule has 82 valence electrons. The van der Waals surface area contributed by atoms with Crippen LogP contribution in [0.4, 0.5) is 5.69 Å². The molecule has 0 bridgehead atoms. The molecular formula is C8H10N2O4S. The fraction of sp³-hybridized carbons (Fsp3) is 0.250. The molecule has 1 aromatic carbocycles. The lowest BCUT2D eigenvalue weighted by Gasteiger charge is -2.11. The van der Waals surface area contributed by atoms with Crippen molar-refractivity contribution in [3.8, 4) is 0 Å². The minimum Gasteiger partial charge on any atom is -0.165 e. The second-order valence-corrected chi connectivity index (χ2v) is 4.11. The Morgan fingerprint density at radius 1 is 1.47 bits per heavy atom. The number of benzene rings is 1. The maximum Gasteiger partial charge on any atom is 0.440 e. The Labute approximate surface area is 87.6 Å². The third-order valence-electron chi connectivity index (χ3n) is 1.94. The first-order valence-corrected chi connectivity index (χ1v) is 5.72. The Balaban J connectivity index is 2.24. The number of hydrogen-bond donors (Lipinski definition) is 1. The van der Waals surface area contributed by atoms with Crippen molar-refractivity contribution in [3.63, 3.8) is 0 Å². The van der Waals surface area contributed by atoms with E-state index in [0.717, 1.165) is 17.2 Å². The summed E-state index contributed by atoms with van der Waals surface area (Å²) in [6.07, 6.45) is 0.856. The molecule has 0 unspecified atom stereocenters. The quantitative estimate of drug-likeness (QED) is 0.805. The SMILES string of the molecule is CCc1cccc(N2NOS(=O)(=O)O2)c1. The summed E-state index contributed by atoms with van der Waals surface area (Å²) in [5.74, 6) is 0. The summed E-state index contributed by atoms with van der Waals surface area (Å²) in [5.41, 5.74) is 3.77. The molecular weight excluding hydrogens is 220 g/mol. The van der Waals surface area contributed by atoms with Crippen LogP contribution in [-0.2, 0) is 25.4 Å². The van der Waals surface area contributed by atoms with Crippen molar-refractivity contribution in [1.82, 2.24) is 5.59 Å². The summed E-state index contributed by atoms with van der Waals surface area (Å²) in [5, 5.41) is 0.953. The van der Waals surface area contributed by atoms with E-state index in [-0.39, 0.29) is 0 Å². The zero-order chi connectivity index (χ0) is 10.9. The highest BCUT2D eigenvalue weighted by atomic mass is 32.3. The van der Waals surface area contributed by atoms with Crippen LogP contribution in [0.1, 0.15) is 12.5 Å². The van der Waals surface area contributed by atoms with Crippen LogP contribution in [0.2, 0.25) is 0 Å². The van der Waals surface area contributed by atoms with Gasteiger partial charge in [-0.1, -0.05) is 24.6 Å². The standard InChI is InChI=1S/C8H10N2O4S/c1-2-7-4-3-5-8(6-7)10-9-13-15(11,12)14-10/h3-6,9H,2H2,1H3. The molecule has 1 heterocycles. The van der Waals surface area contributed by atoms with Gasteiger partial charge >= 0.3 is 10.4 Å². The Morgan fingerprint density at radius 3 is 2.87 bits per heavy atom. The third kappa shape index (κ3) is 2.26. The van der Waals surface area contributed by atoms with E-state index in [1.807, 2.05) is 19.1 Å². The molecule has 0 spiro atoms. The second-order valence-electron chi connectivity index (χ2n) is 2.98. The van der Waals surface area contributed by atoms with E-state index in [0.29, 0.717) is 5.69 Å². The summed E-state index contributed by atoms with van der Waals surface area (Å²) < 4.78 is 30.4. The molecule has 1 aromatic rings. The predicted octanol–water partition coefficient (Wildman–Crippen LogP) is 0.682. The maximum absolute atomic E-state index is 10.8. The number of rotatable bonds is 2. The van der Waals surface area contributed by atoms with Crippen molar-refractivity contribution in [2.45, 2.75) is 13.3 Å². The highest BCUT2D eigenvalue weighted by Gasteiger charge is 2.28. The van der Waals surface area contributed by atoms with Crippen molar-refractivity contribution in [2.75, 3.05) is 5.17 Å². The van der Waals surface area contributed by atoms with Gasteiger partial charge < -0.3 is 0 Å². The molecule has 1 aliphatic heterocycles. The maximum atomic E-state index is 10.8. The molecule has 2 rings (SSSR count). The van der Waals surface area contributed by atoms with E-state index in [4.69, 9.17) is 0 Å². The molecule has 0 amide bonds. The number of hydrazine groups is 1. The lowest BCUT2D eigenvalue weighted by Crippen LogP contribution is -2.28. The minimum absolute atomic E-state index is 0.565. The number of anilines is 1. The van der Waals surface area contributed by atoms with E-state index >= 15 is 0 Å². The van der Waals surface area contributed by atoms with Crippen LogP contribution in [0, 0.1) is 0 Å². The monoisotopic (exact) mass is 230 g/mol. The van der Waals surface area contributed by atoms with E-state index in [9.17, 15) is 8.42 Å². The summed E-state index contributed by atoms with van der Waals surface area (Å²) >= 11 is 0. The molecule has 0 aromatic heterocycles. The number of hydrogen-bond acceptors (Lipinski definition) is 6. The molecule has 0 saturated carbocycles. The normalized spacial score (nSPS) is 19.4. The molecule has 1 aliphatic rings. The number of aryl methyl sites for hydroxylation is 1. The Morgan fingerprint density at radius 2 is 2.27 bits per heavy atom. The first kappa shape index (κ1) is 10.4. The zero-order valence-electron chi connectivity index (χ0n) is 8.00. The predicted molar refractivity (Wildman–Crippen MR) is 52.5 cm³/mol. The topological polar surface area (TPSA) is 67.9 Å². The van der Waals surface area contributed by atoms with E-state index < -0.39 is 10.4 Å². The van der Waals surface area contributed by atoms with Gasteiger partial charge in [0.1, 0.15) is 0 Å². The van der Waals surface area contributed by atoms with Gasteiger partial charge in [0.25, 0.3) is 0 Å². The van der Waals surface area contributed by atoms with Crippen molar-refractivity contribution in [3.05, 3.63) is 29.8 Å². The van der Waals surface area contributed by atoms with Crippen molar-refractivity contribution in [2.24, 2.45) is 0 Å². The minimum atomic E-state index is -3.95. The van der Waals surface area contributed by atoms with E-state index in [2.05, 4.69) is 14.2 Å². The molecule has 0 aliphatic carbocycles. The van der Waals surface area contributed by atoms with E-state index in [1.165, 1.54) is 0 Å². The van der Waals surface area contributed by atoms with Crippen LogP contribution < -0.4 is 10.8 Å². The summed E-state index contributed by atoms with van der Waals surface area (Å²) in [6.45, 7) is 2.00. The number of nitrogens with zero attached hydrogens (tertiary/aromatic N) is 1. The van der Waals surface area contributed by atoms with E-state index in [1.54, 1.807) is 12.1 Å². The molecule has 0 radical (unpaired) electrons. The first-order chi connectivity index (χ1) is 7.11. The van der Waals surface area contributed by atoms with Gasteiger partial charge in [-0.3, -0.25) is 0 Å². The van der Waals surface area contributed by atoms with Crippen LogP contribution in [0.25, 0.3) is 0 Å². The van der Waals surface area contributed by atoms with Gasteiger partial charge in [-0.05, 0) is 24.1 Å². The van der Waals surface area contributed by atoms with Crippen molar-refractivity contribution >= 4 is 16.1 Å². The van der Waals surface area contributed by atoms with Gasteiger partial charge in [0.05, 0.1) is 5.69 Å². The smallest absolute Gasteiger partial charge is 0.165 e. The zero-order valence-corrected chi connectivity index (χ0v) is 8.82. The lowest BCUT2D eigenvalue weighted by atomic mass is 10.1. The summed E-state index contributed by atoms with van der Waals surface area (Å²) in [4.78, 5) is 0. The molecule has 1 saturated heterocycles. The highest BCUT2D eigenvalue weighted by molar-refractivity contribution is 7.82. The van der Waals surface area contributed by atoms with Crippen LogP contribution >= 0.6 is 0 Å². The number of nitrogens with one attached hydrogen (secondary N) is 1. The molecule has 7 heteroatoms. The molecule has 0 atom stereocenters. The first-order valence-electron chi connectivity index (χ1n) is 4.38. The van der Waals surface area contributed by atoms with Crippen molar-refractivity contribution < 1.29 is 17.0 Å². The second kappa shape index (κ2) is 3.78. The fourth-order valence-electron chi connectivity index (χ4n) is 1.20. The fourth-order valence-corrected chi connectivity index (χ4v) is 1.69. The van der Waals surface area contributed by atoms with Crippen LogP contribution in [0.3, 0.4) is 0 Å². The Hall–Kier alpha value is -1.15. The average molecular weight is 230 g/mol. The molecule has 1 N–H and O–H groups in total. The average Bonchev–Trinajstić information content (AvgIpc) is 2.59. The van der Waals surface area contributed by atoms with Gasteiger partial charge in [0.15, 0.2) is 0 Å². The third-order valence-corrected chi connectivity index (χ3v) is 2.55. The summed E-state index contributed by atoms with van der Waals surface area (Å²) in [7, 11) is -3.95. The Kier molecular flexibility index (Phi) is 2.61. The molecule has 15 heavy (non-hydrogen) atoms. The van der Waals surface area contributed by atoms with Gasteiger partial charge in [-0.2, -0.15) is 8.42 Å². The van der Waals surface area contributed by atoms with Crippen molar-refractivity contribution in [1.29, 1.82) is 0 Å². The van der Waals surface area contributed by atoms with Gasteiger partial charge in [-0.15, -0.1) is 13.7 Å². The highest BCUT2D eigenvalue weighted by Crippen LogP contribution is 2.20. The Bertz CT molecular complexity index is 459. The largest absolute Gasteiger partial charge is 0.440 e. The molecule has 6 nitrogen and oxygen atoms in total. The lowest BCUT2D eigenvalue weighted by molar-refractivity contribution is 0.198. The van der Waals surface area contributed by atoms with Crippen LogP contribution in [-0.4, -0.2) is 8.42 Å². The van der Waals surface area contributed by atoms with Gasteiger partial charge in [0.2, 0.25) is 0 Å². The van der Waals surface area contributed by atoms with Gasteiger partial charge in [0, 0.05) is 0 Å². The van der Waals surface area contributed by atoms with Crippen LogP contribution in [0.15, 0.2) is 24.3 Å². The van der Waals surface area contributed by atoms with Crippen LogP contribution in [0.5, 0.6) is 0 Å². The molecule has 1 fully saturated rings. The van der Waals surface area contributed by atoms with Gasteiger partial charge in [-0.25, -0.2) is 0 Å². The summed E-state index contributed by atoms with van der Waals surface area (Å²) in [6, 6.07) is 7.26.